The number of hydrogen-bond acceptors (Lipinski definition) is 4. The van der Waals surface area contributed by atoms with Gasteiger partial charge in [0, 0.05) is 18.6 Å². The summed E-state index contributed by atoms with van der Waals surface area (Å²) in [6, 6.07) is 7.99. The van der Waals surface area contributed by atoms with E-state index in [1.165, 1.54) is 12.8 Å². The van der Waals surface area contributed by atoms with Gasteiger partial charge in [-0.15, -0.1) is 0 Å². The Balaban J connectivity index is 1.87. The molecule has 1 aliphatic carbocycles. The predicted octanol–water partition coefficient (Wildman–Crippen LogP) is 1.44. The summed E-state index contributed by atoms with van der Waals surface area (Å²) in [6.45, 7) is 1.91. The van der Waals surface area contributed by atoms with E-state index in [-0.39, 0.29) is 4.90 Å². The third kappa shape index (κ3) is 3.56. The van der Waals surface area contributed by atoms with Crippen LogP contribution in [-0.2, 0) is 10.0 Å². The van der Waals surface area contributed by atoms with Crippen LogP contribution in [0.15, 0.2) is 29.2 Å². The summed E-state index contributed by atoms with van der Waals surface area (Å²) in [4.78, 5) is 2.48. The van der Waals surface area contributed by atoms with Crippen molar-refractivity contribution >= 4 is 15.7 Å². The van der Waals surface area contributed by atoms with E-state index in [2.05, 4.69) is 10.2 Å². The predicted molar refractivity (Wildman–Crippen MR) is 83.8 cm³/mol. The Morgan fingerprint density at radius 1 is 1.19 bits per heavy atom. The fourth-order valence-electron chi connectivity index (χ4n) is 3.08. The largest absolute Gasteiger partial charge is 0.366 e. The highest BCUT2D eigenvalue weighted by Gasteiger charge is 2.33. The molecule has 1 unspecified atom stereocenters. The minimum absolute atomic E-state index is 0.243. The van der Waals surface area contributed by atoms with Crippen LogP contribution in [0, 0.1) is 0 Å². The average molecular weight is 309 g/mol. The standard InChI is InChI=1S/C15H23N3O2S/c16-21(19,20)15-7-2-1-6-14(15)18(13-8-9-13)11-12-5-3-4-10-17-12/h1-2,6-7,12-13,17H,3-5,8-11H2,(H2,16,19,20). The van der Waals surface area contributed by atoms with Gasteiger partial charge in [0.05, 0.1) is 5.69 Å². The molecule has 1 aromatic rings. The van der Waals surface area contributed by atoms with E-state index < -0.39 is 10.0 Å². The highest BCUT2D eigenvalue weighted by atomic mass is 32.2. The van der Waals surface area contributed by atoms with E-state index in [0.717, 1.165) is 38.0 Å². The lowest BCUT2D eigenvalue weighted by molar-refractivity contribution is 0.398. The van der Waals surface area contributed by atoms with Crippen molar-refractivity contribution in [2.45, 2.75) is 49.1 Å². The zero-order valence-electron chi connectivity index (χ0n) is 12.2. The summed E-state index contributed by atoms with van der Waals surface area (Å²) in [6.07, 6.45) is 5.89. The smallest absolute Gasteiger partial charge is 0.240 e. The van der Waals surface area contributed by atoms with E-state index in [9.17, 15) is 8.42 Å². The van der Waals surface area contributed by atoms with E-state index in [4.69, 9.17) is 5.14 Å². The van der Waals surface area contributed by atoms with Crippen LogP contribution in [-0.4, -0.2) is 33.6 Å². The molecule has 0 radical (unpaired) electrons. The van der Waals surface area contributed by atoms with Gasteiger partial charge in [0.1, 0.15) is 4.90 Å². The van der Waals surface area contributed by atoms with Crippen LogP contribution >= 0.6 is 0 Å². The van der Waals surface area contributed by atoms with Gasteiger partial charge in [0.15, 0.2) is 0 Å². The molecule has 1 saturated heterocycles. The van der Waals surface area contributed by atoms with Crippen LogP contribution in [0.4, 0.5) is 5.69 Å². The maximum atomic E-state index is 11.8. The fraction of sp³-hybridized carbons (Fsp3) is 0.600. The van der Waals surface area contributed by atoms with Crippen LogP contribution in [0.5, 0.6) is 0 Å². The number of anilines is 1. The van der Waals surface area contributed by atoms with Crippen LogP contribution in [0.3, 0.4) is 0 Å². The van der Waals surface area contributed by atoms with Gasteiger partial charge in [-0.25, -0.2) is 13.6 Å². The first kappa shape index (κ1) is 14.8. The van der Waals surface area contributed by atoms with Crippen molar-refractivity contribution in [3.8, 4) is 0 Å². The van der Waals surface area contributed by atoms with Crippen molar-refractivity contribution in [2.75, 3.05) is 18.0 Å². The molecule has 2 fully saturated rings. The molecule has 1 atom stereocenters. The monoisotopic (exact) mass is 309 g/mol. The normalized spacial score (nSPS) is 23.0. The van der Waals surface area contributed by atoms with Crippen molar-refractivity contribution in [3.05, 3.63) is 24.3 Å². The summed E-state index contributed by atoms with van der Waals surface area (Å²) in [7, 11) is -3.69. The molecule has 3 N–H and O–H groups in total. The molecule has 6 heteroatoms. The van der Waals surface area contributed by atoms with Gasteiger partial charge in [-0.2, -0.15) is 0 Å². The molecule has 1 saturated carbocycles. The van der Waals surface area contributed by atoms with Crippen molar-refractivity contribution in [1.29, 1.82) is 0 Å². The van der Waals surface area contributed by atoms with E-state index in [1.54, 1.807) is 12.1 Å². The SMILES string of the molecule is NS(=O)(=O)c1ccccc1N(CC1CCCCN1)C1CC1. The van der Waals surface area contributed by atoms with Gasteiger partial charge in [-0.1, -0.05) is 18.6 Å². The van der Waals surface area contributed by atoms with Gasteiger partial charge in [-0.3, -0.25) is 0 Å². The first-order valence-corrected chi connectivity index (χ1v) is 9.22. The van der Waals surface area contributed by atoms with Crippen LogP contribution in [0.2, 0.25) is 0 Å². The number of para-hydroxylation sites is 1. The van der Waals surface area contributed by atoms with Crippen molar-refractivity contribution < 1.29 is 8.42 Å². The topological polar surface area (TPSA) is 75.4 Å². The first-order valence-electron chi connectivity index (χ1n) is 7.67. The maximum Gasteiger partial charge on any atom is 0.240 e. The summed E-state index contributed by atoms with van der Waals surface area (Å²) in [5.41, 5.74) is 0.759. The third-order valence-corrected chi connectivity index (χ3v) is 5.26. The molecule has 21 heavy (non-hydrogen) atoms. The number of piperidine rings is 1. The Morgan fingerprint density at radius 3 is 2.57 bits per heavy atom. The third-order valence-electron chi connectivity index (χ3n) is 4.30. The summed E-state index contributed by atoms with van der Waals surface area (Å²) < 4.78 is 23.7. The Bertz CT molecular complexity index is 593. The minimum Gasteiger partial charge on any atom is -0.366 e. The molecular formula is C15H23N3O2S. The van der Waals surface area contributed by atoms with Crippen molar-refractivity contribution in [1.82, 2.24) is 5.32 Å². The number of nitrogens with two attached hydrogens (primary N) is 1. The highest BCUT2D eigenvalue weighted by Crippen LogP contribution is 2.35. The molecule has 0 bridgehead atoms. The molecule has 5 nitrogen and oxygen atoms in total. The number of nitrogens with one attached hydrogen (secondary N) is 1. The zero-order chi connectivity index (χ0) is 14.9. The molecule has 1 heterocycles. The molecule has 1 aromatic carbocycles. The Hall–Kier alpha value is -1.11. The molecule has 116 valence electrons. The van der Waals surface area contributed by atoms with Gasteiger partial charge < -0.3 is 10.2 Å². The van der Waals surface area contributed by atoms with Gasteiger partial charge >= 0.3 is 0 Å². The molecular weight excluding hydrogens is 286 g/mol. The molecule has 0 amide bonds. The zero-order valence-corrected chi connectivity index (χ0v) is 13.0. The molecule has 3 rings (SSSR count). The number of hydrogen-bond donors (Lipinski definition) is 2. The van der Waals surface area contributed by atoms with Crippen LogP contribution in [0.25, 0.3) is 0 Å². The fourth-order valence-corrected chi connectivity index (χ4v) is 3.83. The Morgan fingerprint density at radius 2 is 1.95 bits per heavy atom. The van der Waals surface area contributed by atoms with E-state index in [1.807, 2.05) is 12.1 Å². The summed E-state index contributed by atoms with van der Waals surface area (Å²) >= 11 is 0. The van der Waals surface area contributed by atoms with E-state index >= 15 is 0 Å². The molecule has 0 spiro atoms. The van der Waals surface area contributed by atoms with Crippen LogP contribution in [0.1, 0.15) is 32.1 Å². The van der Waals surface area contributed by atoms with E-state index in [0.29, 0.717) is 12.1 Å². The van der Waals surface area contributed by atoms with Gasteiger partial charge in [-0.05, 0) is 44.4 Å². The van der Waals surface area contributed by atoms with Crippen molar-refractivity contribution in [2.24, 2.45) is 5.14 Å². The number of benzene rings is 1. The molecule has 1 aliphatic heterocycles. The van der Waals surface area contributed by atoms with Gasteiger partial charge in [0.25, 0.3) is 0 Å². The van der Waals surface area contributed by atoms with Crippen LogP contribution < -0.4 is 15.4 Å². The Kier molecular flexibility index (Phi) is 4.19. The summed E-state index contributed by atoms with van der Waals surface area (Å²) in [5, 5.41) is 8.92. The second-order valence-electron chi connectivity index (χ2n) is 6.04. The lowest BCUT2D eigenvalue weighted by atomic mass is 10.0. The second kappa shape index (κ2) is 5.94. The number of rotatable bonds is 5. The Labute approximate surface area is 126 Å². The lowest BCUT2D eigenvalue weighted by Crippen LogP contribution is -2.45. The maximum absolute atomic E-state index is 11.8. The number of sulfonamides is 1. The molecule has 0 aromatic heterocycles. The minimum atomic E-state index is -3.69. The highest BCUT2D eigenvalue weighted by molar-refractivity contribution is 7.89. The van der Waals surface area contributed by atoms with Gasteiger partial charge in [0.2, 0.25) is 10.0 Å². The van der Waals surface area contributed by atoms with Crippen molar-refractivity contribution in [3.63, 3.8) is 0 Å². The average Bonchev–Trinajstić information content (AvgIpc) is 3.30. The molecule has 2 aliphatic rings. The number of primary sulfonamides is 1. The number of nitrogens with zero attached hydrogens (tertiary/aromatic N) is 1. The lowest BCUT2D eigenvalue weighted by Gasteiger charge is -2.33. The summed E-state index contributed by atoms with van der Waals surface area (Å²) in [5.74, 6) is 0. The first-order chi connectivity index (χ1) is 10.1. The quantitative estimate of drug-likeness (QED) is 0.863. The second-order valence-corrected chi connectivity index (χ2v) is 7.57.